The molecule has 6 heteroatoms. The average molecular weight is 386 g/mol. The van der Waals surface area contributed by atoms with Gasteiger partial charge in [-0.25, -0.2) is 0 Å². The van der Waals surface area contributed by atoms with Gasteiger partial charge in [0.15, 0.2) is 0 Å². The molecule has 1 heterocycles. The summed E-state index contributed by atoms with van der Waals surface area (Å²) in [6.45, 7) is 3.90. The zero-order valence-corrected chi connectivity index (χ0v) is 15.2. The molecule has 0 aliphatic rings. The van der Waals surface area contributed by atoms with E-state index in [0.717, 1.165) is 5.69 Å². The van der Waals surface area contributed by atoms with E-state index >= 15 is 0 Å². The van der Waals surface area contributed by atoms with Gasteiger partial charge in [-0.2, -0.15) is 0 Å². The number of rotatable bonds is 5. The molecule has 0 atom stereocenters. The van der Waals surface area contributed by atoms with Crippen molar-refractivity contribution in [2.75, 3.05) is 6.61 Å². The van der Waals surface area contributed by atoms with E-state index in [9.17, 15) is 4.79 Å². The summed E-state index contributed by atoms with van der Waals surface area (Å²) in [5, 5.41) is 8.02. The summed E-state index contributed by atoms with van der Waals surface area (Å²) in [5.41, 5.74) is 1.81. The summed E-state index contributed by atoms with van der Waals surface area (Å²) in [6, 6.07) is 18.6. The molecule has 3 rings (SSSR count). The molecule has 0 bridgehead atoms. The number of carbonyl (C=O) groups excluding carboxylic acids is 1. The average Bonchev–Trinajstić information content (AvgIpc) is 2.98. The normalized spacial score (nSPS) is 10.6. The topological polar surface area (TPSA) is 57.0 Å². The van der Waals surface area contributed by atoms with Gasteiger partial charge in [-0.15, -0.1) is 0 Å². The van der Waals surface area contributed by atoms with Crippen LogP contribution in [0.4, 0.5) is 0 Å². The number of ether oxygens (including phenoxy) is 1. The maximum atomic E-state index is 11.8. The molecule has 1 aromatic heterocycles. The number of nitrogens with zero attached hydrogens (tertiary/aromatic N) is 3. The first-order valence-corrected chi connectivity index (χ1v) is 9.33. The Morgan fingerprint density at radius 2 is 1.75 bits per heavy atom. The molecule has 0 radical (unpaired) electrons. The molecule has 0 amide bonds. The SMILES string of the molecule is CCOC(=O)c1nnn(-c2ccc([Se]c3ccccc3)cc2)c1C. The van der Waals surface area contributed by atoms with Crippen LogP contribution in [0.1, 0.15) is 23.1 Å². The minimum absolute atomic E-state index is 0.259. The summed E-state index contributed by atoms with van der Waals surface area (Å²) < 4.78 is 9.26. The van der Waals surface area contributed by atoms with Crippen LogP contribution in [-0.4, -0.2) is 42.5 Å². The van der Waals surface area contributed by atoms with Gasteiger partial charge in [0.2, 0.25) is 0 Å². The van der Waals surface area contributed by atoms with E-state index in [4.69, 9.17) is 4.74 Å². The third-order valence-electron chi connectivity index (χ3n) is 3.42. The molecule has 24 heavy (non-hydrogen) atoms. The standard InChI is InChI=1S/C18H17N3O2Se/c1-3-23-18(22)17-13(2)21(20-19-17)14-9-11-16(12-10-14)24-15-7-5-4-6-8-15/h4-12H,3H2,1-2H3. The molecule has 0 spiro atoms. The molecular weight excluding hydrogens is 369 g/mol. The fourth-order valence-corrected chi connectivity index (χ4v) is 4.00. The first kappa shape index (κ1) is 16.4. The van der Waals surface area contributed by atoms with Crippen molar-refractivity contribution in [1.29, 1.82) is 0 Å². The van der Waals surface area contributed by atoms with E-state index in [1.807, 2.05) is 25.1 Å². The summed E-state index contributed by atoms with van der Waals surface area (Å²) in [7, 11) is 0. The van der Waals surface area contributed by atoms with Crippen LogP contribution in [0.15, 0.2) is 54.6 Å². The maximum absolute atomic E-state index is 11.8. The van der Waals surface area contributed by atoms with Gasteiger partial charge in [0.05, 0.1) is 0 Å². The Balaban J connectivity index is 1.80. The first-order valence-electron chi connectivity index (χ1n) is 7.62. The molecule has 0 aliphatic heterocycles. The molecule has 0 N–H and O–H groups in total. The predicted octanol–water partition coefficient (Wildman–Crippen LogP) is 1.41. The van der Waals surface area contributed by atoms with Crippen molar-refractivity contribution in [2.45, 2.75) is 13.8 Å². The fourth-order valence-electron chi connectivity index (χ4n) is 2.24. The summed E-state index contributed by atoms with van der Waals surface area (Å²) >= 11 is 0.271. The monoisotopic (exact) mass is 387 g/mol. The molecule has 0 saturated carbocycles. The first-order chi connectivity index (χ1) is 11.7. The summed E-state index contributed by atoms with van der Waals surface area (Å²) in [6.07, 6.45) is 0. The van der Waals surface area contributed by atoms with Crippen molar-refractivity contribution in [3.8, 4) is 5.69 Å². The number of hydrogen-bond donors (Lipinski definition) is 0. The number of carbonyl (C=O) groups is 1. The van der Waals surface area contributed by atoms with E-state index in [1.165, 1.54) is 8.92 Å². The second kappa shape index (κ2) is 7.43. The van der Waals surface area contributed by atoms with Crippen LogP contribution in [0.3, 0.4) is 0 Å². The Bertz CT molecular complexity index is 829. The van der Waals surface area contributed by atoms with Crippen molar-refractivity contribution >= 4 is 29.8 Å². The van der Waals surface area contributed by atoms with Crippen LogP contribution >= 0.6 is 0 Å². The fraction of sp³-hybridized carbons (Fsp3) is 0.167. The number of esters is 1. The van der Waals surface area contributed by atoms with E-state index in [1.54, 1.807) is 11.6 Å². The Hall–Kier alpha value is -2.43. The van der Waals surface area contributed by atoms with Gasteiger partial charge >= 0.3 is 147 Å². The molecule has 0 aliphatic carbocycles. The van der Waals surface area contributed by atoms with Gasteiger partial charge in [-0.1, -0.05) is 0 Å². The zero-order chi connectivity index (χ0) is 16.9. The summed E-state index contributed by atoms with van der Waals surface area (Å²) in [4.78, 5) is 11.8. The molecular formula is C18H17N3O2Se. The molecule has 3 aromatic rings. The van der Waals surface area contributed by atoms with Crippen LogP contribution in [0, 0.1) is 6.92 Å². The predicted molar refractivity (Wildman–Crippen MR) is 93.5 cm³/mol. The van der Waals surface area contributed by atoms with Crippen LogP contribution in [0.5, 0.6) is 0 Å². The molecule has 2 aromatic carbocycles. The third-order valence-corrected chi connectivity index (χ3v) is 5.55. The van der Waals surface area contributed by atoms with Crippen molar-refractivity contribution < 1.29 is 9.53 Å². The van der Waals surface area contributed by atoms with Gasteiger partial charge in [0.1, 0.15) is 0 Å². The Morgan fingerprint density at radius 1 is 1.08 bits per heavy atom. The van der Waals surface area contributed by atoms with Crippen molar-refractivity contribution in [3.05, 3.63) is 66.0 Å². The van der Waals surface area contributed by atoms with E-state index in [2.05, 4.69) is 46.7 Å². The Kier molecular flexibility index (Phi) is 5.08. The number of benzene rings is 2. The Morgan fingerprint density at radius 3 is 2.42 bits per heavy atom. The number of hydrogen-bond acceptors (Lipinski definition) is 4. The Labute approximate surface area is 146 Å². The molecule has 0 saturated heterocycles. The molecule has 122 valence electrons. The van der Waals surface area contributed by atoms with Crippen molar-refractivity contribution in [2.24, 2.45) is 0 Å². The van der Waals surface area contributed by atoms with Crippen LogP contribution in [0.25, 0.3) is 5.69 Å². The van der Waals surface area contributed by atoms with Gasteiger partial charge in [0.25, 0.3) is 0 Å². The van der Waals surface area contributed by atoms with Gasteiger partial charge in [-0.3, -0.25) is 0 Å². The molecule has 0 unspecified atom stereocenters. The van der Waals surface area contributed by atoms with Gasteiger partial charge in [-0.05, 0) is 0 Å². The van der Waals surface area contributed by atoms with Crippen LogP contribution in [-0.2, 0) is 4.74 Å². The van der Waals surface area contributed by atoms with Crippen LogP contribution < -0.4 is 8.92 Å². The quantitative estimate of drug-likeness (QED) is 0.492. The van der Waals surface area contributed by atoms with Gasteiger partial charge < -0.3 is 0 Å². The second-order valence-electron chi connectivity index (χ2n) is 5.06. The third kappa shape index (κ3) is 3.55. The van der Waals surface area contributed by atoms with Crippen molar-refractivity contribution in [1.82, 2.24) is 15.0 Å². The van der Waals surface area contributed by atoms with E-state index in [-0.39, 0.29) is 20.7 Å². The van der Waals surface area contributed by atoms with E-state index in [0.29, 0.717) is 12.3 Å². The number of aromatic nitrogens is 3. The van der Waals surface area contributed by atoms with Crippen LogP contribution in [0.2, 0.25) is 0 Å². The second-order valence-corrected chi connectivity index (χ2v) is 7.47. The molecule has 5 nitrogen and oxygen atoms in total. The van der Waals surface area contributed by atoms with E-state index < -0.39 is 5.97 Å². The summed E-state index contributed by atoms with van der Waals surface area (Å²) in [5.74, 6) is -0.440. The molecule has 0 fully saturated rings. The van der Waals surface area contributed by atoms with Gasteiger partial charge in [0, 0.05) is 0 Å². The zero-order valence-electron chi connectivity index (χ0n) is 13.5. The minimum atomic E-state index is -0.440. The van der Waals surface area contributed by atoms with Crippen molar-refractivity contribution in [3.63, 3.8) is 0 Å².